The molecule has 2 rings (SSSR count). The summed E-state index contributed by atoms with van der Waals surface area (Å²) in [5.74, 6) is 1.18. The molecule has 1 fully saturated rings. The molecule has 1 aromatic rings. The first kappa shape index (κ1) is 14.0. The quantitative estimate of drug-likeness (QED) is 0.627. The van der Waals surface area contributed by atoms with E-state index in [0.29, 0.717) is 0 Å². The third kappa shape index (κ3) is 4.33. The van der Waals surface area contributed by atoms with Crippen LogP contribution in [0.4, 0.5) is 0 Å². The number of thioether (sulfide) groups is 1. The number of benzene rings is 1. The van der Waals surface area contributed by atoms with Crippen LogP contribution >= 0.6 is 11.8 Å². The lowest BCUT2D eigenvalue weighted by Crippen LogP contribution is -2.32. The van der Waals surface area contributed by atoms with Crippen molar-refractivity contribution < 1.29 is 0 Å². The van der Waals surface area contributed by atoms with Gasteiger partial charge in [-0.25, -0.2) is 0 Å². The molecule has 1 aromatic carbocycles. The average molecular weight is 263 g/mol. The summed E-state index contributed by atoms with van der Waals surface area (Å²) in [6.07, 6.45) is 7.04. The smallest absolute Gasteiger partial charge is 0.0106 e. The zero-order valence-electron chi connectivity index (χ0n) is 11.7. The SMILES string of the molecule is Cc1ccc(C)c(SCCNC2CCCCC2)c1. The van der Waals surface area contributed by atoms with Gasteiger partial charge in [0.15, 0.2) is 0 Å². The number of hydrogen-bond acceptors (Lipinski definition) is 2. The highest BCUT2D eigenvalue weighted by Crippen LogP contribution is 2.23. The molecule has 0 heterocycles. The van der Waals surface area contributed by atoms with Crippen LogP contribution in [0.5, 0.6) is 0 Å². The van der Waals surface area contributed by atoms with Crippen molar-refractivity contribution in [3.05, 3.63) is 29.3 Å². The molecular formula is C16H25NS. The monoisotopic (exact) mass is 263 g/mol. The first-order valence-corrected chi connectivity index (χ1v) is 8.18. The molecule has 0 aromatic heterocycles. The largest absolute Gasteiger partial charge is 0.313 e. The highest BCUT2D eigenvalue weighted by Gasteiger charge is 2.11. The van der Waals surface area contributed by atoms with Crippen LogP contribution in [0.25, 0.3) is 0 Å². The molecule has 0 bridgehead atoms. The summed E-state index contributed by atoms with van der Waals surface area (Å²) in [7, 11) is 0. The first-order valence-electron chi connectivity index (χ1n) is 7.19. The van der Waals surface area contributed by atoms with E-state index in [0.717, 1.165) is 12.6 Å². The maximum atomic E-state index is 3.71. The van der Waals surface area contributed by atoms with Crippen LogP contribution in [0.2, 0.25) is 0 Å². The highest BCUT2D eigenvalue weighted by atomic mass is 32.2. The third-order valence-electron chi connectivity index (χ3n) is 3.74. The minimum absolute atomic E-state index is 0.790. The maximum absolute atomic E-state index is 3.71. The van der Waals surface area contributed by atoms with Gasteiger partial charge in [-0.1, -0.05) is 37.0 Å². The Balaban J connectivity index is 1.69. The van der Waals surface area contributed by atoms with E-state index >= 15 is 0 Å². The van der Waals surface area contributed by atoms with E-state index in [2.05, 4.69) is 37.4 Å². The summed E-state index contributed by atoms with van der Waals surface area (Å²) in [5, 5.41) is 3.71. The topological polar surface area (TPSA) is 12.0 Å². The molecule has 1 saturated carbocycles. The Bertz CT molecular complexity index is 369. The van der Waals surface area contributed by atoms with Crippen molar-refractivity contribution in [3.63, 3.8) is 0 Å². The van der Waals surface area contributed by atoms with Gasteiger partial charge in [-0.2, -0.15) is 0 Å². The molecule has 0 unspecified atom stereocenters. The minimum Gasteiger partial charge on any atom is -0.313 e. The zero-order chi connectivity index (χ0) is 12.8. The number of hydrogen-bond donors (Lipinski definition) is 1. The molecule has 0 amide bonds. The third-order valence-corrected chi connectivity index (χ3v) is 4.90. The van der Waals surface area contributed by atoms with Crippen LogP contribution < -0.4 is 5.32 Å². The molecule has 1 nitrogen and oxygen atoms in total. The van der Waals surface area contributed by atoms with Gasteiger partial charge >= 0.3 is 0 Å². The Kier molecular flexibility index (Phi) is 5.58. The van der Waals surface area contributed by atoms with Crippen LogP contribution in [0, 0.1) is 13.8 Å². The summed E-state index contributed by atoms with van der Waals surface area (Å²) in [5.41, 5.74) is 2.77. The van der Waals surface area contributed by atoms with Gasteiger partial charge in [-0.05, 0) is 38.3 Å². The predicted octanol–water partition coefficient (Wildman–Crippen LogP) is 4.32. The van der Waals surface area contributed by atoms with Crippen LogP contribution in [0.15, 0.2) is 23.1 Å². The highest BCUT2D eigenvalue weighted by molar-refractivity contribution is 7.99. The molecule has 1 N–H and O–H groups in total. The van der Waals surface area contributed by atoms with Crippen molar-refractivity contribution in [2.24, 2.45) is 0 Å². The van der Waals surface area contributed by atoms with Crippen LogP contribution in [0.3, 0.4) is 0 Å². The fourth-order valence-corrected chi connectivity index (χ4v) is 3.60. The lowest BCUT2D eigenvalue weighted by Gasteiger charge is -2.22. The second-order valence-corrected chi connectivity index (χ2v) is 6.54. The van der Waals surface area contributed by atoms with Gasteiger partial charge in [0, 0.05) is 23.2 Å². The minimum atomic E-state index is 0.790. The van der Waals surface area contributed by atoms with Crippen molar-refractivity contribution >= 4 is 11.8 Å². The molecule has 0 atom stereocenters. The second kappa shape index (κ2) is 7.20. The molecule has 0 saturated heterocycles. The second-order valence-electron chi connectivity index (χ2n) is 5.41. The van der Waals surface area contributed by atoms with Crippen molar-refractivity contribution in [2.45, 2.75) is 56.9 Å². The number of nitrogens with one attached hydrogen (secondary N) is 1. The van der Waals surface area contributed by atoms with E-state index in [-0.39, 0.29) is 0 Å². The molecule has 0 spiro atoms. The maximum Gasteiger partial charge on any atom is 0.0106 e. The Morgan fingerprint density at radius 1 is 1.17 bits per heavy atom. The van der Waals surface area contributed by atoms with Gasteiger partial charge < -0.3 is 5.32 Å². The Labute approximate surface area is 116 Å². The normalized spacial score (nSPS) is 17.0. The summed E-state index contributed by atoms with van der Waals surface area (Å²) in [6, 6.07) is 7.52. The zero-order valence-corrected chi connectivity index (χ0v) is 12.5. The predicted molar refractivity (Wildman–Crippen MR) is 81.5 cm³/mol. The first-order chi connectivity index (χ1) is 8.75. The van der Waals surface area contributed by atoms with Crippen molar-refractivity contribution in [2.75, 3.05) is 12.3 Å². The lowest BCUT2D eigenvalue weighted by atomic mass is 9.96. The standard InChI is InChI=1S/C16H25NS/c1-13-8-9-14(2)16(12-13)18-11-10-17-15-6-4-3-5-7-15/h8-9,12,15,17H,3-7,10-11H2,1-2H3. The Morgan fingerprint density at radius 3 is 2.72 bits per heavy atom. The molecule has 0 aliphatic heterocycles. The van der Waals surface area contributed by atoms with E-state index in [9.17, 15) is 0 Å². The van der Waals surface area contributed by atoms with E-state index < -0.39 is 0 Å². The van der Waals surface area contributed by atoms with Gasteiger partial charge in [0.05, 0.1) is 0 Å². The average Bonchev–Trinajstić information content (AvgIpc) is 2.40. The molecule has 100 valence electrons. The van der Waals surface area contributed by atoms with Crippen molar-refractivity contribution in [3.8, 4) is 0 Å². The molecular weight excluding hydrogens is 238 g/mol. The summed E-state index contributed by atoms with van der Waals surface area (Å²) < 4.78 is 0. The van der Waals surface area contributed by atoms with Crippen molar-refractivity contribution in [1.82, 2.24) is 5.32 Å². The van der Waals surface area contributed by atoms with Crippen LogP contribution in [0.1, 0.15) is 43.2 Å². The fraction of sp³-hybridized carbons (Fsp3) is 0.625. The van der Waals surface area contributed by atoms with E-state index in [4.69, 9.17) is 0 Å². The van der Waals surface area contributed by atoms with Crippen molar-refractivity contribution in [1.29, 1.82) is 0 Å². The molecule has 0 radical (unpaired) electrons. The van der Waals surface area contributed by atoms with Gasteiger partial charge in [-0.15, -0.1) is 11.8 Å². The van der Waals surface area contributed by atoms with Gasteiger partial charge in [-0.3, -0.25) is 0 Å². The Morgan fingerprint density at radius 2 is 1.94 bits per heavy atom. The molecule has 1 aliphatic rings. The summed E-state index contributed by atoms with van der Waals surface area (Å²) in [6.45, 7) is 5.52. The van der Waals surface area contributed by atoms with Crippen LogP contribution in [-0.4, -0.2) is 18.3 Å². The van der Waals surface area contributed by atoms with Gasteiger partial charge in [0.2, 0.25) is 0 Å². The Hall–Kier alpha value is -0.470. The van der Waals surface area contributed by atoms with Gasteiger partial charge in [0.1, 0.15) is 0 Å². The van der Waals surface area contributed by atoms with E-state index in [1.165, 1.54) is 53.9 Å². The molecule has 2 heteroatoms. The number of aryl methyl sites for hydroxylation is 2. The van der Waals surface area contributed by atoms with Gasteiger partial charge in [0.25, 0.3) is 0 Å². The van der Waals surface area contributed by atoms with E-state index in [1.807, 2.05) is 11.8 Å². The molecule has 1 aliphatic carbocycles. The molecule has 18 heavy (non-hydrogen) atoms. The number of rotatable bonds is 5. The summed E-state index contributed by atoms with van der Waals surface area (Å²) in [4.78, 5) is 1.44. The lowest BCUT2D eigenvalue weighted by molar-refractivity contribution is 0.381. The van der Waals surface area contributed by atoms with Crippen LogP contribution in [-0.2, 0) is 0 Å². The fourth-order valence-electron chi connectivity index (χ4n) is 2.59. The summed E-state index contributed by atoms with van der Waals surface area (Å²) >= 11 is 1.99. The van der Waals surface area contributed by atoms with E-state index in [1.54, 1.807) is 0 Å².